The minimum absolute atomic E-state index is 0.249. The molecule has 1 heterocycles. The summed E-state index contributed by atoms with van der Waals surface area (Å²) >= 11 is 5.75. The molecule has 1 fully saturated rings. The van der Waals surface area contributed by atoms with E-state index in [1.54, 1.807) is 0 Å². The third kappa shape index (κ3) is 2.60. The Labute approximate surface area is 85.2 Å². The summed E-state index contributed by atoms with van der Waals surface area (Å²) in [6.07, 6.45) is 1.06. The highest BCUT2D eigenvalue weighted by atomic mass is 35.5. The fourth-order valence-electron chi connectivity index (χ4n) is 1.62. The van der Waals surface area contributed by atoms with Crippen LogP contribution in [0.5, 0.6) is 0 Å². The lowest BCUT2D eigenvalue weighted by atomic mass is 9.95. The third-order valence-corrected chi connectivity index (χ3v) is 2.87. The summed E-state index contributed by atoms with van der Waals surface area (Å²) < 4.78 is 0. The molecule has 13 heavy (non-hydrogen) atoms. The Morgan fingerprint density at radius 2 is 2.15 bits per heavy atom. The lowest BCUT2D eigenvalue weighted by Crippen LogP contribution is -2.37. The minimum Gasteiger partial charge on any atom is -0.342 e. The second kappa shape index (κ2) is 3.87. The first-order chi connectivity index (χ1) is 5.95. The largest absolute Gasteiger partial charge is 0.342 e. The Hall–Kier alpha value is -0.240. The Morgan fingerprint density at radius 1 is 1.54 bits per heavy atom. The van der Waals surface area contributed by atoms with Crippen molar-refractivity contribution in [2.24, 2.45) is 11.3 Å². The summed E-state index contributed by atoms with van der Waals surface area (Å²) in [5.41, 5.74) is -0.249. The number of nitrogens with zero attached hydrogens (tertiary/aromatic N) is 1. The van der Waals surface area contributed by atoms with Crippen molar-refractivity contribution >= 4 is 17.5 Å². The van der Waals surface area contributed by atoms with Gasteiger partial charge in [0.25, 0.3) is 0 Å². The van der Waals surface area contributed by atoms with Crippen LogP contribution in [0.15, 0.2) is 0 Å². The molecule has 1 saturated heterocycles. The molecule has 0 saturated carbocycles. The highest BCUT2D eigenvalue weighted by Crippen LogP contribution is 2.24. The Morgan fingerprint density at radius 3 is 2.54 bits per heavy atom. The van der Waals surface area contributed by atoms with Crippen molar-refractivity contribution in [1.82, 2.24) is 4.90 Å². The molecule has 0 spiro atoms. The van der Waals surface area contributed by atoms with Gasteiger partial charge in [0.05, 0.1) is 0 Å². The summed E-state index contributed by atoms with van der Waals surface area (Å²) in [6, 6.07) is 0. The molecule has 1 aliphatic heterocycles. The second-order valence-corrected chi connectivity index (χ2v) is 5.12. The van der Waals surface area contributed by atoms with Gasteiger partial charge in [-0.15, -0.1) is 11.6 Å². The van der Waals surface area contributed by atoms with Gasteiger partial charge < -0.3 is 4.90 Å². The smallest absolute Gasteiger partial charge is 0.227 e. The topological polar surface area (TPSA) is 20.3 Å². The van der Waals surface area contributed by atoms with Gasteiger partial charge in [-0.25, -0.2) is 0 Å². The van der Waals surface area contributed by atoms with Crippen molar-refractivity contribution in [3.05, 3.63) is 0 Å². The second-order valence-electron chi connectivity index (χ2n) is 4.81. The van der Waals surface area contributed by atoms with E-state index in [9.17, 15) is 4.79 Å². The summed E-state index contributed by atoms with van der Waals surface area (Å²) in [6.45, 7) is 7.61. The molecule has 1 atom stereocenters. The lowest BCUT2D eigenvalue weighted by molar-refractivity contribution is -0.138. The van der Waals surface area contributed by atoms with Crippen molar-refractivity contribution < 1.29 is 4.79 Å². The van der Waals surface area contributed by atoms with E-state index in [1.807, 2.05) is 25.7 Å². The highest BCUT2D eigenvalue weighted by molar-refractivity contribution is 6.18. The number of likely N-dealkylation sites (tertiary alicyclic amines) is 1. The van der Waals surface area contributed by atoms with Gasteiger partial charge in [-0.05, 0) is 12.3 Å². The highest BCUT2D eigenvalue weighted by Gasteiger charge is 2.32. The van der Waals surface area contributed by atoms with Crippen LogP contribution in [0, 0.1) is 11.3 Å². The van der Waals surface area contributed by atoms with E-state index in [-0.39, 0.29) is 11.3 Å². The van der Waals surface area contributed by atoms with E-state index in [1.165, 1.54) is 0 Å². The fraction of sp³-hybridized carbons (Fsp3) is 0.900. The van der Waals surface area contributed by atoms with E-state index < -0.39 is 0 Å². The van der Waals surface area contributed by atoms with Crippen LogP contribution < -0.4 is 0 Å². The predicted octanol–water partition coefficient (Wildman–Crippen LogP) is 2.12. The first kappa shape index (κ1) is 10.8. The summed E-state index contributed by atoms with van der Waals surface area (Å²) in [4.78, 5) is 13.7. The van der Waals surface area contributed by atoms with Gasteiger partial charge in [-0.2, -0.15) is 0 Å². The molecule has 1 rings (SSSR count). The van der Waals surface area contributed by atoms with E-state index >= 15 is 0 Å². The minimum atomic E-state index is -0.249. The molecule has 0 N–H and O–H groups in total. The van der Waals surface area contributed by atoms with Gasteiger partial charge in [-0.3, -0.25) is 4.79 Å². The maximum atomic E-state index is 11.8. The quantitative estimate of drug-likeness (QED) is 0.598. The van der Waals surface area contributed by atoms with Gasteiger partial charge >= 0.3 is 0 Å². The zero-order valence-corrected chi connectivity index (χ0v) is 9.40. The Kier molecular flexibility index (Phi) is 3.23. The van der Waals surface area contributed by atoms with Crippen LogP contribution in [0.2, 0.25) is 0 Å². The Bertz CT molecular complexity index is 198. The number of carbonyl (C=O) groups is 1. The summed E-state index contributed by atoms with van der Waals surface area (Å²) in [5, 5.41) is 0. The molecule has 3 heteroatoms. The molecule has 0 aromatic rings. The van der Waals surface area contributed by atoms with Gasteiger partial charge in [0.15, 0.2) is 0 Å². The Balaban J connectivity index is 2.52. The standard InChI is InChI=1S/C10H18ClNO/c1-10(2,3)9(13)12-5-4-8(6-11)7-12/h8H,4-7H2,1-3H3. The van der Waals surface area contributed by atoms with Crippen LogP contribution >= 0.6 is 11.6 Å². The van der Waals surface area contributed by atoms with E-state index in [0.717, 1.165) is 19.5 Å². The van der Waals surface area contributed by atoms with Crippen LogP contribution in [0.1, 0.15) is 27.2 Å². The zero-order valence-electron chi connectivity index (χ0n) is 8.64. The number of amides is 1. The van der Waals surface area contributed by atoms with Gasteiger partial charge in [-0.1, -0.05) is 20.8 Å². The number of hydrogen-bond donors (Lipinski definition) is 0. The van der Waals surface area contributed by atoms with Gasteiger partial charge in [0.2, 0.25) is 5.91 Å². The van der Waals surface area contributed by atoms with Crippen LogP contribution in [0.3, 0.4) is 0 Å². The molecular formula is C10H18ClNO. The van der Waals surface area contributed by atoms with Gasteiger partial charge in [0.1, 0.15) is 0 Å². The van der Waals surface area contributed by atoms with Gasteiger partial charge in [0, 0.05) is 24.4 Å². The third-order valence-electron chi connectivity index (χ3n) is 2.43. The van der Waals surface area contributed by atoms with E-state index in [4.69, 9.17) is 11.6 Å². The van der Waals surface area contributed by atoms with Crippen LogP contribution in [-0.4, -0.2) is 29.8 Å². The number of alkyl halides is 1. The number of carbonyl (C=O) groups excluding carboxylic acids is 1. The molecule has 1 unspecified atom stereocenters. The number of rotatable bonds is 1. The predicted molar refractivity (Wildman–Crippen MR) is 54.9 cm³/mol. The van der Waals surface area contributed by atoms with Crippen LogP contribution in [0.25, 0.3) is 0 Å². The molecule has 1 amide bonds. The molecule has 2 nitrogen and oxygen atoms in total. The monoisotopic (exact) mass is 203 g/mol. The first-order valence-electron chi connectivity index (χ1n) is 4.80. The molecule has 76 valence electrons. The fourth-order valence-corrected chi connectivity index (χ4v) is 1.87. The SMILES string of the molecule is CC(C)(C)C(=O)N1CCC(CCl)C1. The van der Waals surface area contributed by atoms with E-state index in [2.05, 4.69) is 0 Å². The number of hydrogen-bond acceptors (Lipinski definition) is 1. The zero-order chi connectivity index (χ0) is 10.1. The lowest BCUT2D eigenvalue weighted by Gasteiger charge is -2.25. The van der Waals surface area contributed by atoms with Crippen molar-refractivity contribution in [3.63, 3.8) is 0 Å². The molecule has 0 aliphatic carbocycles. The molecule has 0 radical (unpaired) electrons. The number of halogens is 1. The average molecular weight is 204 g/mol. The van der Waals surface area contributed by atoms with Crippen molar-refractivity contribution in [3.8, 4) is 0 Å². The van der Waals surface area contributed by atoms with Crippen molar-refractivity contribution in [2.75, 3.05) is 19.0 Å². The van der Waals surface area contributed by atoms with Crippen molar-refractivity contribution in [1.29, 1.82) is 0 Å². The normalized spacial score (nSPS) is 23.7. The summed E-state index contributed by atoms with van der Waals surface area (Å²) in [7, 11) is 0. The maximum absolute atomic E-state index is 11.8. The molecule has 1 aliphatic rings. The van der Waals surface area contributed by atoms with Crippen LogP contribution in [-0.2, 0) is 4.79 Å². The van der Waals surface area contributed by atoms with Crippen LogP contribution in [0.4, 0.5) is 0 Å². The molecule has 0 aromatic heterocycles. The van der Waals surface area contributed by atoms with Crippen molar-refractivity contribution in [2.45, 2.75) is 27.2 Å². The molecule has 0 bridgehead atoms. The maximum Gasteiger partial charge on any atom is 0.227 e. The van der Waals surface area contributed by atoms with E-state index in [0.29, 0.717) is 11.8 Å². The summed E-state index contributed by atoms with van der Waals surface area (Å²) in [5.74, 6) is 1.43. The molecular weight excluding hydrogens is 186 g/mol. The first-order valence-corrected chi connectivity index (χ1v) is 5.34. The average Bonchev–Trinajstić information content (AvgIpc) is 2.48. The molecule has 0 aromatic carbocycles.